The Morgan fingerprint density at radius 1 is 0.947 bits per heavy atom. The van der Waals surface area contributed by atoms with E-state index < -0.39 is 18.2 Å². The van der Waals surface area contributed by atoms with Gasteiger partial charge in [0.25, 0.3) is 0 Å². The molecule has 0 saturated heterocycles. The fraction of sp³-hybridized carbons (Fsp3) is 0.367. The average Bonchev–Trinajstić information content (AvgIpc) is 3.44. The Kier molecular flexibility index (Phi) is 11.5. The molecule has 3 aromatic rings. The fourth-order valence-corrected chi connectivity index (χ4v) is 4.91. The third-order valence-electron chi connectivity index (χ3n) is 6.04. The van der Waals surface area contributed by atoms with Gasteiger partial charge in [0, 0.05) is 7.05 Å². The molecule has 7 nitrogen and oxygen atoms in total. The van der Waals surface area contributed by atoms with E-state index in [0.717, 1.165) is 16.9 Å². The van der Waals surface area contributed by atoms with E-state index in [1.807, 2.05) is 86.6 Å². The quantitative estimate of drug-likeness (QED) is 0.293. The van der Waals surface area contributed by atoms with Crippen LogP contribution in [0.25, 0.3) is 0 Å². The zero-order valence-electron chi connectivity index (χ0n) is 22.2. The van der Waals surface area contributed by atoms with E-state index in [1.54, 1.807) is 13.3 Å². The molecule has 1 N–H and O–H groups in total. The van der Waals surface area contributed by atoms with E-state index in [4.69, 9.17) is 9.15 Å². The topological polar surface area (TPSA) is 88.9 Å². The van der Waals surface area contributed by atoms with E-state index >= 15 is 0 Å². The molecule has 0 saturated carbocycles. The van der Waals surface area contributed by atoms with Crippen molar-refractivity contribution in [3.63, 3.8) is 0 Å². The van der Waals surface area contributed by atoms with Gasteiger partial charge in [-0.3, -0.25) is 9.59 Å². The molecule has 0 aliphatic carbocycles. The molecule has 1 aromatic heterocycles. The molecule has 0 radical (unpaired) electrons. The van der Waals surface area contributed by atoms with Gasteiger partial charge in [0.05, 0.1) is 23.8 Å². The van der Waals surface area contributed by atoms with Crippen molar-refractivity contribution in [3.8, 4) is 0 Å². The van der Waals surface area contributed by atoms with Crippen LogP contribution in [0.5, 0.6) is 0 Å². The zero-order chi connectivity index (χ0) is 27.3. The molecule has 2 aromatic carbocycles. The van der Waals surface area contributed by atoms with Crippen LogP contribution in [0.4, 0.5) is 4.79 Å². The number of thioether (sulfide) groups is 1. The van der Waals surface area contributed by atoms with Gasteiger partial charge in [0.2, 0.25) is 5.91 Å². The number of carbonyl (C=O) groups excluding carboxylic acids is 3. The van der Waals surface area contributed by atoms with Crippen molar-refractivity contribution >= 4 is 29.5 Å². The lowest BCUT2D eigenvalue weighted by atomic mass is 9.98. The minimum atomic E-state index is -0.815. The SMILES string of the molecule is CC(C)CC(NC(=O)OCc1ccccc1)C(=O)N(C)C(Cc1ccccc1)C(=O)CSCc1ccco1. The molecule has 0 aliphatic heterocycles. The third kappa shape index (κ3) is 9.41. The minimum Gasteiger partial charge on any atom is -0.468 e. The Labute approximate surface area is 228 Å². The van der Waals surface area contributed by atoms with Crippen LogP contribution >= 0.6 is 11.8 Å². The van der Waals surface area contributed by atoms with Crippen LogP contribution in [0, 0.1) is 5.92 Å². The standard InChI is InChI=1S/C30H36N2O5S/c1-22(2)17-26(31-30(35)37-19-24-13-8-5-9-14-24)29(34)32(3)27(18-23-11-6-4-7-12-23)28(33)21-38-20-25-15-10-16-36-25/h4-16,22,26-27H,17-21H2,1-3H3,(H,31,35). The zero-order valence-corrected chi connectivity index (χ0v) is 23.0. The molecule has 202 valence electrons. The van der Waals surface area contributed by atoms with E-state index in [9.17, 15) is 14.4 Å². The number of Topliss-reactive ketones (excluding diaryl/α,β-unsaturated/α-hetero) is 1. The number of hydrogen-bond donors (Lipinski definition) is 1. The lowest BCUT2D eigenvalue weighted by Gasteiger charge is -2.31. The molecule has 2 amide bonds. The second kappa shape index (κ2) is 15.0. The lowest BCUT2D eigenvalue weighted by Crippen LogP contribution is -2.53. The number of nitrogens with zero attached hydrogens (tertiary/aromatic N) is 1. The van der Waals surface area contributed by atoms with Gasteiger partial charge in [0.1, 0.15) is 18.4 Å². The van der Waals surface area contributed by atoms with E-state index in [2.05, 4.69) is 5.32 Å². The summed E-state index contributed by atoms with van der Waals surface area (Å²) in [5.41, 5.74) is 1.81. The van der Waals surface area contributed by atoms with Gasteiger partial charge in [-0.15, -0.1) is 11.8 Å². The van der Waals surface area contributed by atoms with Crippen molar-refractivity contribution in [3.05, 3.63) is 95.9 Å². The fourth-order valence-electron chi connectivity index (χ4n) is 4.05. The molecule has 8 heteroatoms. The number of rotatable bonds is 14. The maximum Gasteiger partial charge on any atom is 0.408 e. The summed E-state index contributed by atoms with van der Waals surface area (Å²) in [6, 6.07) is 21.2. The van der Waals surface area contributed by atoms with Crippen LogP contribution in [0.1, 0.15) is 37.2 Å². The van der Waals surface area contributed by atoms with Crippen molar-refractivity contribution < 1.29 is 23.5 Å². The molecule has 0 fully saturated rings. The van der Waals surface area contributed by atoms with Crippen LogP contribution in [0.2, 0.25) is 0 Å². The van der Waals surface area contributed by atoms with Gasteiger partial charge < -0.3 is 19.4 Å². The van der Waals surface area contributed by atoms with E-state index in [0.29, 0.717) is 18.6 Å². The molecule has 0 bridgehead atoms. The summed E-state index contributed by atoms with van der Waals surface area (Å²) >= 11 is 1.45. The molecule has 0 aliphatic rings. The second-order valence-corrected chi connectivity index (χ2v) is 10.6. The monoisotopic (exact) mass is 536 g/mol. The van der Waals surface area contributed by atoms with Gasteiger partial charge in [-0.2, -0.15) is 0 Å². The van der Waals surface area contributed by atoms with Crippen LogP contribution in [0.15, 0.2) is 83.5 Å². The Bertz CT molecular complexity index is 1140. The Balaban J connectivity index is 1.69. The largest absolute Gasteiger partial charge is 0.468 e. The van der Waals surface area contributed by atoms with Gasteiger partial charge in [0.15, 0.2) is 5.78 Å². The molecule has 0 spiro atoms. The van der Waals surface area contributed by atoms with Crippen molar-refractivity contribution in [1.29, 1.82) is 0 Å². The van der Waals surface area contributed by atoms with Crippen LogP contribution < -0.4 is 5.32 Å². The van der Waals surface area contributed by atoms with Crippen LogP contribution in [0.3, 0.4) is 0 Å². The maximum absolute atomic E-state index is 13.7. The highest BCUT2D eigenvalue weighted by Gasteiger charge is 2.32. The number of hydrogen-bond acceptors (Lipinski definition) is 6. The smallest absolute Gasteiger partial charge is 0.408 e. The number of ether oxygens (including phenoxy) is 1. The lowest BCUT2D eigenvalue weighted by molar-refractivity contribution is -0.139. The van der Waals surface area contributed by atoms with Gasteiger partial charge in [-0.1, -0.05) is 74.5 Å². The number of benzene rings is 2. The van der Waals surface area contributed by atoms with Crippen molar-refractivity contribution in [2.45, 2.75) is 51.1 Å². The number of amides is 2. The Morgan fingerprint density at radius 3 is 2.21 bits per heavy atom. The van der Waals surface area contributed by atoms with Crippen LogP contribution in [-0.4, -0.2) is 47.6 Å². The summed E-state index contributed by atoms with van der Waals surface area (Å²) in [5.74, 6) is 1.36. The van der Waals surface area contributed by atoms with Crippen molar-refractivity contribution in [2.75, 3.05) is 12.8 Å². The molecule has 2 atom stereocenters. The van der Waals surface area contributed by atoms with Gasteiger partial charge in [-0.05, 0) is 42.0 Å². The number of alkyl carbamates (subject to hydrolysis) is 1. The van der Waals surface area contributed by atoms with Crippen molar-refractivity contribution in [2.24, 2.45) is 5.92 Å². The number of nitrogens with one attached hydrogen (secondary N) is 1. The molecule has 3 rings (SSSR count). The van der Waals surface area contributed by atoms with Gasteiger partial charge in [-0.25, -0.2) is 4.79 Å². The molecular formula is C30H36N2O5S. The van der Waals surface area contributed by atoms with Crippen molar-refractivity contribution in [1.82, 2.24) is 10.2 Å². The number of carbonyl (C=O) groups is 3. The molecule has 2 unspecified atom stereocenters. The Morgan fingerprint density at radius 2 is 1.61 bits per heavy atom. The molecule has 38 heavy (non-hydrogen) atoms. The first kappa shape index (κ1) is 29.0. The predicted molar refractivity (Wildman–Crippen MR) is 150 cm³/mol. The third-order valence-corrected chi connectivity index (χ3v) is 7.01. The minimum absolute atomic E-state index is 0.0591. The first-order chi connectivity index (χ1) is 18.3. The highest BCUT2D eigenvalue weighted by Crippen LogP contribution is 2.18. The summed E-state index contributed by atoms with van der Waals surface area (Å²) in [6.07, 6.45) is 1.75. The molecular weight excluding hydrogens is 500 g/mol. The molecule has 1 heterocycles. The second-order valence-electron chi connectivity index (χ2n) is 9.58. The van der Waals surface area contributed by atoms with E-state index in [-0.39, 0.29) is 30.0 Å². The number of likely N-dealkylation sites (N-methyl/N-ethyl adjacent to an activating group) is 1. The average molecular weight is 537 g/mol. The first-order valence-electron chi connectivity index (χ1n) is 12.7. The summed E-state index contributed by atoms with van der Waals surface area (Å²) in [7, 11) is 1.63. The predicted octanol–water partition coefficient (Wildman–Crippen LogP) is 5.49. The number of ketones is 1. The highest BCUT2D eigenvalue weighted by atomic mass is 32.2. The van der Waals surface area contributed by atoms with Gasteiger partial charge >= 0.3 is 6.09 Å². The summed E-state index contributed by atoms with van der Waals surface area (Å²) in [6.45, 7) is 4.07. The normalized spacial score (nSPS) is 12.5. The maximum atomic E-state index is 13.7. The first-order valence-corrected chi connectivity index (χ1v) is 13.9. The highest BCUT2D eigenvalue weighted by molar-refractivity contribution is 7.99. The van der Waals surface area contributed by atoms with Crippen LogP contribution in [-0.2, 0) is 33.1 Å². The summed E-state index contributed by atoms with van der Waals surface area (Å²) < 4.78 is 10.7. The van der Waals surface area contributed by atoms with E-state index in [1.165, 1.54) is 16.7 Å². The summed E-state index contributed by atoms with van der Waals surface area (Å²) in [5, 5.41) is 2.74. The Hall–Kier alpha value is -3.52. The summed E-state index contributed by atoms with van der Waals surface area (Å²) in [4.78, 5) is 41.1. The number of furan rings is 1.